The van der Waals surface area contributed by atoms with E-state index >= 15 is 4.39 Å². The highest BCUT2D eigenvalue weighted by Gasteiger charge is 2.22. The van der Waals surface area contributed by atoms with Gasteiger partial charge in [-0.15, -0.1) is 0 Å². The smallest absolute Gasteiger partial charge is 0.341 e. The first-order chi connectivity index (χ1) is 12.4. The summed E-state index contributed by atoms with van der Waals surface area (Å²) in [6.45, 7) is 1.79. The lowest BCUT2D eigenvalue weighted by Crippen LogP contribution is -2.20. The van der Waals surface area contributed by atoms with Gasteiger partial charge in [0.15, 0.2) is 11.6 Å². The first-order valence-electron chi connectivity index (χ1n) is 7.39. The third-order valence-corrected chi connectivity index (χ3v) is 3.85. The molecule has 10 heteroatoms. The summed E-state index contributed by atoms with van der Waals surface area (Å²) in [5.74, 6) is -3.59. The van der Waals surface area contributed by atoms with Crippen molar-refractivity contribution in [1.29, 1.82) is 0 Å². The number of hydrogen-bond donors (Lipinski definition) is 2. The Hall–Kier alpha value is -3.56. The molecule has 0 aliphatic carbocycles. The number of benzene rings is 1. The quantitative estimate of drug-likeness (QED) is 0.419. The minimum atomic E-state index is -1.48. The van der Waals surface area contributed by atoms with E-state index in [0.717, 1.165) is 29.4 Å². The number of hydrogen-bond acceptors (Lipinski definition) is 5. The number of aryl methyl sites for hydroxylation is 1. The first-order valence-corrected chi connectivity index (χ1v) is 7.39. The van der Waals surface area contributed by atoms with Gasteiger partial charge in [-0.1, -0.05) is 5.16 Å². The Labute approximate surface area is 144 Å². The van der Waals surface area contributed by atoms with Crippen LogP contribution in [-0.4, -0.2) is 36.6 Å². The summed E-state index contributed by atoms with van der Waals surface area (Å²) in [4.78, 5) is 27.3. The highest BCUT2D eigenvalue weighted by atomic mass is 19.1. The van der Waals surface area contributed by atoms with Gasteiger partial charge in [0, 0.05) is 18.9 Å². The molecule has 0 radical (unpaired) electrons. The summed E-state index contributed by atoms with van der Waals surface area (Å²) in [6.07, 6.45) is 4.35. The lowest BCUT2D eigenvalue weighted by molar-refractivity contribution is 0.0695. The topological polar surface area (TPSA) is 110 Å². The summed E-state index contributed by atoms with van der Waals surface area (Å²) < 4.78 is 31.9. The summed E-state index contributed by atoms with van der Waals surface area (Å²) >= 11 is 0. The number of aromatic carboxylic acids is 1. The van der Waals surface area contributed by atoms with Gasteiger partial charge in [-0.3, -0.25) is 4.79 Å². The van der Waals surface area contributed by atoms with E-state index < -0.39 is 34.3 Å². The molecular formula is C16H12F2N4O4. The van der Waals surface area contributed by atoms with Crippen molar-refractivity contribution in [3.63, 3.8) is 0 Å². The Bertz CT molecular complexity index is 1120. The van der Waals surface area contributed by atoms with Crippen LogP contribution in [0.5, 0.6) is 0 Å². The van der Waals surface area contributed by atoms with Gasteiger partial charge in [0.1, 0.15) is 23.3 Å². The maximum atomic E-state index is 15.1. The van der Waals surface area contributed by atoms with E-state index in [1.54, 1.807) is 6.92 Å². The number of rotatable bonds is 4. The molecule has 3 rings (SSSR count). The molecule has 3 aromatic rings. The average Bonchev–Trinajstić information content (AvgIpc) is 3.04. The van der Waals surface area contributed by atoms with Crippen molar-refractivity contribution in [2.45, 2.75) is 13.5 Å². The van der Waals surface area contributed by atoms with Crippen molar-refractivity contribution in [3.05, 3.63) is 57.9 Å². The van der Waals surface area contributed by atoms with Crippen LogP contribution in [0.4, 0.5) is 8.78 Å². The number of carbonyl (C=O) groups is 1. The predicted molar refractivity (Wildman–Crippen MR) is 87.3 cm³/mol. The number of pyridine rings is 1. The van der Waals surface area contributed by atoms with E-state index in [4.69, 9.17) is 10.3 Å². The normalized spacial score (nSPS) is 11.5. The van der Waals surface area contributed by atoms with E-state index in [-0.39, 0.29) is 23.1 Å². The Balaban J connectivity index is 2.39. The van der Waals surface area contributed by atoms with Crippen LogP contribution in [0.3, 0.4) is 0 Å². The third-order valence-electron chi connectivity index (χ3n) is 3.85. The van der Waals surface area contributed by atoms with Crippen molar-refractivity contribution < 1.29 is 23.9 Å². The third kappa shape index (κ3) is 2.61. The molecule has 8 nitrogen and oxygen atoms in total. The Morgan fingerprint density at radius 3 is 2.73 bits per heavy atom. The van der Waals surface area contributed by atoms with Crippen molar-refractivity contribution in [3.8, 4) is 5.69 Å². The molecule has 134 valence electrons. The second-order valence-corrected chi connectivity index (χ2v) is 5.33. The van der Waals surface area contributed by atoms with Crippen LogP contribution in [0.15, 0.2) is 34.7 Å². The van der Waals surface area contributed by atoms with E-state index in [0.29, 0.717) is 0 Å². The van der Waals surface area contributed by atoms with Crippen molar-refractivity contribution in [2.75, 3.05) is 0 Å². The van der Waals surface area contributed by atoms with E-state index in [1.165, 1.54) is 10.8 Å². The van der Waals surface area contributed by atoms with Crippen LogP contribution < -0.4 is 5.43 Å². The molecule has 0 aliphatic heterocycles. The molecule has 0 saturated heterocycles. The maximum absolute atomic E-state index is 15.1. The van der Waals surface area contributed by atoms with Gasteiger partial charge in [0.2, 0.25) is 5.43 Å². The van der Waals surface area contributed by atoms with Crippen LogP contribution in [0.1, 0.15) is 23.0 Å². The van der Waals surface area contributed by atoms with Crippen LogP contribution in [-0.2, 0) is 6.54 Å². The molecule has 0 bridgehead atoms. The van der Waals surface area contributed by atoms with Crippen molar-refractivity contribution >= 4 is 23.1 Å². The van der Waals surface area contributed by atoms with Gasteiger partial charge in [0.05, 0.1) is 17.1 Å². The largest absolute Gasteiger partial charge is 0.477 e. The summed E-state index contributed by atoms with van der Waals surface area (Å²) in [7, 11) is 0. The van der Waals surface area contributed by atoms with Gasteiger partial charge in [-0.25, -0.2) is 18.6 Å². The number of nitrogens with zero attached hydrogens (tertiary/aromatic N) is 4. The van der Waals surface area contributed by atoms with Crippen LogP contribution in [0, 0.1) is 11.6 Å². The SMILES string of the molecule is CCn1cc(C(=O)O)c(=O)c2cc(F)c(-n3cnc(/C=N/O)c3)c(F)c21. The molecule has 26 heavy (non-hydrogen) atoms. The molecule has 1 aromatic carbocycles. The number of carboxylic acid groups (broad SMARTS) is 1. The fourth-order valence-electron chi connectivity index (χ4n) is 2.70. The Morgan fingerprint density at radius 1 is 1.38 bits per heavy atom. The molecule has 0 amide bonds. The average molecular weight is 362 g/mol. The zero-order chi connectivity index (χ0) is 19.0. The van der Waals surface area contributed by atoms with Gasteiger partial charge in [-0.2, -0.15) is 0 Å². The van der Waals surface area contributed by atoms with Gasteiger partial charge >= 0.3 is 5.97 Å². The molecule has 0 fully saturated rings. The summed E-state index contributed by atoms with van der Waals surface area (Å²) in [6, 6.07) is 0.800. The number of halogens is 2. The lowest BCUT2D eigenvalue weighted by Gasteiger charge is -2.14. The zero-order valence-corrected chi connectivity index (χ0v) is 13.3. The number of fused-ring (bicyclic) bond motifs is 1. The monoisotopic (exact) mass is 362 g/mol. The highest BCUT2D eigenvalue weighted by molar-refractivity contribution is 5.93. The summed E-state index contributed by atoms with van der Waals surface area (Å²) in [5.41, 5.74) is -2.10. The molecule has 2 aromatic heterocycles. The van der Waals surface area contributed by atoms with Crippen LogP contribution in [0.2, 0.25) is 0 Å². The number of oxime groups is 1. The molecule has 0 aliphatic rings. The highest BCUT2D eigenvalue weighted by Crippen LogP contribution is 2.26. The van der Waals surface area contributed by atoms with Crippen molar-refractivity contribution in [2.24, 2.45) is 5.16 Å². The summed E-state index contributed by atoms with van der Waals surface area (Å²) in [5, 5.41) is 20.0. The van der Waals surface area contributed by atoms with Crippen LogP contribution in [0.25, 0.3) is 16.6 Å². The van der Waals surface area contributed by atoms with E-state index in [1.807, 2.05) is 0 Å². The van der Waals surface area contributed by atoms with Crippen molar-refractivity contribution in [1.82, 2.24) is 14.1 Å². The fourth-order valence-corrected chi connectivity index (χ4v) is 2.70. The molecule has 2 N–H and O–H groups in total. The second kappa shape index (κ2) is 6.39. The minimum absolute atomic E-state index is 0.153. The molecular weight excluding hydrogens is 350 g/mol. The number of carboxylic acids is 1. The Kier molecular flexibility index (Phi) is 4.24. The van der Waals surface area contributed by atoms with Crippen LogP contribution >= 0.6 is 0 Å². The molecule has 0 spiro atoms. The second-order valence-electron chi connectivity index (χ2n) is 5.33. The fraction of sp³-hybridized carbons (Fsp3) is 0.125. The van der Waals surface area contributed by atoms with Gasteiger partial charge in [0.25, 0.3) is 0 Å². The molecule has 0 atom stereocenters. The number of aromatic nitrogens is 3. The number of imidazole rings is 1. The predicted octanol–water partition coefficient (Wildman–Crippen LogP) is 1.99. The Morgan fingerprint density at radius 2 is 2.12 bits per heavy atom. The lowest BCUT2D eigenvalue weighted by atomic mass is 10.1. The van der Waals surface area contributed by atoms with Gasteiger partial charge < -0.3 is 19.4 Å². The van der Waals surface area contributed by atoms with Gasteiger partial charge in [-0.05, 0) is 13.0 Å². The molecule has 0 saturated carbocycles. The van der Waals surface area contributed by atoms with E-state index in [2.05, 4.69) is 10.1 Å². The zero-order valence-electron chi connectivity index (χ0n) is 13.3. The van der Waals surface area contributed by atoms with E-state index in [9.17, 15) is 14.0 Å². The standard InChI is InChI=1S/C16H12F2N4O4/c1-2-21-6-10(16(24)25)15(23)9-3-11(17)14(12(18)13(9)21)22-5-8(4-20-26)19-7-22/h3-7,26H,2H2,1H3,(H,24,25)/b20-4+. The molecule has 0 unspecified atom stereocenters. The maximum Gasteiger partial charge on any atom is 0.341 e. The molecule has 2 heterocycles. The first kappa shape index (κ1) is 17.3. The minimum Gasteiger partial charge on any atom is -0.477 e.